The minimum Gasteiger partial charge on any atom is -0.303 e. The van der Waals surface area contributed by atoms with E-state index in [9.17, 15) is 8.42 Å². The van der Waals surface area contributed by atoms with Gasteiger partial charge in [0.25, 0.3) is 0 Å². The van der Waals surface area contributed by atoms with Crippen molar-refractivity contribution in [1.29, 1.82) is 0 Å². The summed E-state index contributed by atoms with van der Waals surface area (Å²) in [5.41, 5.74) is 0.997. The molecule has 1 aromatic carbocycles. The Kier molecular flexibility index (Phi) is 5.87. The van der Waals surface area contributed by atoms with Crippen molar-refractivity contribution in [3.05, 3.63) is 26.6 Å². The topological polar surface area (TPSA) is 49.4 Å². The molecule has 0 atom stereocenters. The molecule has 1 aromatic rings. The van der Waals surface area contributed by atoms with E-state index in [-0.39, 0.29) is 10.9 Å². The van der Waals surface area contributed by atoms with Gasteiger partial charge < -0.3 is 4.90 Å². The van der Waals surface area contributed by atoms with Crippen LogP contribution in [0.4, 0.5) is 0 Å². The van der Waals surface area contributed by atoms with E-state index in [1.165, 1.54) is 0 Å². The third-order valence-corrected chi connectivity index (χ3v) is 7.19. The first kappa shape index (κ1) is 17.4. The molecule has 1 aliphatic heterocycles. The average molecular weight is 440 g/mol. The van der Waals surface area contributed by atoms with Crippen molar-refractivity contribution in [2.24, 2.45) is 0 Å². The minimum absolute atomic E-state index is 0.0183. The van der Waals surface area contributed by atoms with Gasteiger partial charge in [-0.3, -0.25) is 0 Å². The first-order chi connectivity index (χ1) is 9.83. The molecule has 1 saturated heterocycles. The van der Waals surface area contributed by atoms with Gasteiger partial charge in [-0.15, -0.1) is 0 Å². The van der Waals surface area contributed by atoms with Crippen LogP contribution in [-0.4, -0.2) is 39.0 Å². The van der Waals surface area contributed by atoms with Crippen molar-refractivity contribution < 1.29 is 8.42 Å². The van der Waals surface area contributed by atoms with Crippen LogP contribution in [0, 0.1) is 6.92 Å². The van der Waals surface area contributed by atoms with Crippen LogP contribution in [0.5, 0.6) is 0 Å². The number of nitrogens with one attached hydrogen (secondary N) is 1. The predicted molar refractivity (Wildman–Crippen MR) is 92.0 cm³/mol. The van der Waals surface area contributed by atoms with E-state index >= 15 is 0 Å². The zero-order chi connectivity index (χ0) is 15.6. The minimum atomic E-state index is -3.50. The SMILES string of the molecule is CCN1CCC(NS(=O)(=O)c2cc(Br)c(C)cc2Br)CC1. The van der Waals surface area contributed by atoms with Gasteiger partial charge in [-0.25, -0.2) is 13.1 Å². The van der Waals surface area contributed by atoms with Crippen LogP contribution in [0.1, 0.15) is 25.3 Å². The highest BCUT2D eigenvalue weighted by Gasteiger charge is 2.25. The lowest BCUT2D eigenvalue weighted by Gasteiger charge is -2.31. The number of benzene rings is 1. The lowest BCUT2D eigenvalue weighted by molar-refractivity contribution is 0.217. The Labute approximate surface area is 143 Å². The molecule has 0 bridgehead atoms. The van der Waals surface area contributed by atoms with E-state index in [4.69, 9.17) is 0 Å². The monoisotopic (exact) mass is 438 g/mol. The fourth-order valence-electron chi connectivity index (χ4n) is 2.48. The summed E-state index contributed by atoms with van der Waals surface area (Å²) in [7, 11) is -3.50. The maximum atomic E-state index is 12.6. The van der Waals surface area contributed by atoms with Gasteiger partial charge >= 0.3 is 0 Å². The number of sulfonamides is 1. The van der Waals surface area contributed by atoms with Crippen LogP contribution in [0.2, 0.25) is 0 Å². The van der Waals surface area contributed by atoms with Gasteiger partial charge in [0.05, 0.1) is 4.90 Å². The molecule has 1 heterocycles. The number of likely N-dealkylation sites (tertiary alicyclic amines) is 1. The first-order valence-electron chi connectivity index (χ1n) is 7.04. The maximum absolute atomic E-state index is 12.6. The highest BCUT2D eigenvalue weighted by molar-refractivity contribution is 9.11. The molecule has 0 spiro atoms. The van der Waals surface area contributed by atoms with Crippen molar-refractivity contribution in [3.63, 3.8) is 0 Å². The maximum Gasteiger partial charge on any atom is 0.241 e. The summed E-state index contributed by atoms with van der Waals surface area (Å²) in [5.74, 6) is 0. The third kappa shape index (κ3) is 4.28. The van der Waals surface area contributed by atoms with Gasteiger partial charge in [-0.2, -0.15) is 0 Å². The van der Waals surface area contributed by atoms with E-state index < -0.39 is 10.0 Å². The molecule has 21 heavy (non-hydrogen) atoms. The fourth-order valence-corrected chi connectivity index (χ4v) is 5.47. The molecule has 0 amide bonds. The molecule has 1 N–H and O–H groups in total. The lowest BCUT2D eigenvalue weighted by Crippen LogP contribution is -2.44. The molecule has 0 aromatic heterocycles. The molecule has 4 nitrogen and oxygen atoms in total. The van der Waals surface area contributed by atoms with Crippen molar-refractivity contribution in [3.8, 4) is 0 Å². The van der Waals surface area contributed by atoms with Crippen molar-refractivity contribution >= 4 is 41.9 Å². The Morgan fingerprint density at radius 3 is 2.43 bits per heavy atom. The fraction of sp³-hybridized carbons (Fsp3) is 0.571. The van der Waals surface area contributed by atoms with Crippen molar-refractivity contribution in [1.82, 2.24) is 9.62 Å². The Bertz CT molecular complexity index is 612. The molecule has 7 heteroatoms. The standard InChI is InChI=1S/C14H20Br2N2O2S/c1-3-18-6-4-11(5-7-18)17-21(19,20)14-9-12(15)10(2)8-13(14)16/h8-9,11,17H,3-7H2,1-2H3. The summed E-state index contributed by atoms with van der Waals surface area (Å²) in [6, 6.07) is 3.49. The van der Waals surface area contributed by atoms with Crippen LogP contribution in [0.3, 0.4) is 0 Å². The molecular formula is C14H20Br2N2O2S. The molecule has 1 fully saturated rings. The summed E-state index contributed by atoms with van der Waals surface area (Å²) >= 11 is 6.75. The number of nitrogens with zero attached hydrogens (tertiary/aromatic N) is 1. The van der Waals surface area contributed by atoms with E-state index in [1.807, 2.05) is 13.0 Å². The smallest absolute Gasteiger partial charge is 0.241 e. The molecule has 0 unspecified atom stereocenters. The van der Waals surface area contributed by atoms with E-state index in [0.717, 1.165) is 42.5 Å². The summed E-state index contributed by atoms with van der Waals surface area (Å²) < 4.78 is 29.4. The normalized spacial score (nSPS) is 18.1. The zero-order valence-corrected chi connectivity index (χ0v) is 16.2. The van der Waals surface area contributed by atoms with Gasteiger partial charge in [0.15, 0.2) is 0 Å². The number of halogens is 2. The van der Waals surface area contributed by atoms with Gasteiger partial charge in [0.1, 0.15) is 0 Å². The number of hydrogen-bond acceptors (Lipinski definition) is 3. The molecule has 2 rings (SSSR count). The summed E-state index contributed by atoms with van der Waals surface area (Å²) in [5, 5.41) is 0. The third-order valence-electron chi connectivity index (χ3n) is 3.86. The van der Waals surface area contributed by atoms with Gasteiger partial charge in [-0.1, -0.05) is 22.9 Å². The van der Waals surface area contributed by atoms with Crippen LogP contribution in [0.25, 0.3) is 0 Å². The van der Waals surface area contributed by atoms with Crippen LogP contribution < -0.4 is 4.72 Å². The van der Waals surface area contributed by atoms with Crippen LogP contribution >= 0.6 is 31.9 Å². The second-order valence-corrected chi connectivity index (χ2v) is 8.75. The first-order valence-corrected chi connectivity index (χ1v) is 10.1. The molecular weight excluding hydrogens is 420 g/mol. The lowest BCUT2D eigenvalue weighted by atomic mass is 10.1. The predicted octanol–water partition coefficient (Wildman–Crippen LogP) is 3.28. The van der Waals surface area contributed by atoms with Crippen LogP contribution in [-0.2, 0) is 10.0 Å². The number of rotatable bonds is 4. The quantitative estimate of drug-likeness (QED) is 0.782. The van der Waals surface area contributed by atoms with Crippen molar-refractivity contribution in [2.75, 3.05) is 19.6 Å². The molecule has 0 radical (unpaired) electrons. The van der Waals surface area contributed by atoms with Crippen LogP contribution in [0.15, 0.2) is 26.0 Å². The average Bonchev–Trinajstić information content (AvgIpc) is 2.43. The van der Waals surface area contributed by atoms with Gasteiger partial charge in [-0.05, 0) is 73.0 Å². The van der Waals surface area contributed by atoms with Gasteiger partial charge in [0.2, 0.25) is 10.0 Å². The number of hydrogen-bond donors (Lipinski definition) is 1. The van der Waals surface area contributed by atoms with E-state index in [0.29, 0.717) is 4.47 Å². The Morgan fingerprint density at radius 2 is 1.86 bits per heavy atom. The summed E-state index contributed by atoms with van der Waals surface area (Å²) in [6.07, 6.45) is 1.72. The highest BCUT2D eigenvalue weighted by atomic mass is 79.9. The second-order valence-electron chi connectivity index (χ2n) is 5.36. The number of piperidine rings is 1. The molecule has 1 aliphatic rings. The molecule has 0 saturated carbocycles. The van der Waals surface area contributed by atoms with E-state index in [1.54, 1.807) is 6.07 Å². The Balaban J connectivity index is 2.14. The molecule has 118 valence electrons. The Morgan fingerprint density at radius 1 is 1.24 bits per heavy atom. The van der Waals surface area contributed by atoms with E-state index in [2.05, 4.69) is 48.4 Å². The van der Waals surface area contributed by atoms with Gasteiger partial charge in [0, 0.05) is 15.0 Å². The molecule has 0 aliphatic carbocycles. The largest absolute Gasteiger partial charge is 0.303 e. The highest BCUT2D eigenvalue weighted by Crippen LogP contribution is 2.29. The zero-order valence-electron chi connectivity index (χ0n) is 12.2. The number of aryl methyl sites for hydroxylation is 1. The summed E-state index contributed by atoms with van der Waals surface area (Å²) in [6.45, 7) is 6.98. The summed E-state index contributed by atoms with van der Waals surface area (Å²) in [4.78, 5) is 2.63. The van der Waals surface area contributed by atoms with Crippen molar-refractivity contribution in [2.45, 2.75) is 37.6 Å². The Hall–Kier alpha value is 0.0500. The second kappa shape index (κ2) is 7.08.